The molecule has 0 aromatic heterocycles. The van der Waals surface area contributed by atoms with Gasteiger partial charge in [0.2, 0.25) is 0 Å². The molecule has 0 N–H and O–H groups in total. The van der Waals surface area contributed by atoms with Crippen LogP contribution >= 0.6 is 0 Å². The molecule has 0 unspecified atom stereocenters. The van der Waals surface area contributed by atoms with Gasteiger partial charge in [0.15, 0.2) is 0 Å². The number of hydrogen-bond donors (Lipinski definition) is 0. The smallest absolute Gasteiger partial charge is 0.343 e. The van der Waals surface area contributed by atoms with Crippen LogP contribution in [0.2, 0.25) is 0 Å². The molecule has 0 fully saturated rings. The average molecular weight is 390 g/mol. The van der Waals surface area contributed by atoms with Crippen molar-refractivity contribution in [3.05, 3.63) is 64.7 Å². The standard InChI is InChI=1S/C24H26N2O3/c1-3-7-18(8-4-2)26-14-13-20-21(23(26)27)11-6-12-22(20)24(28)29-19-10-5-9-17(15-19)16-25/h5-6,9-12,15,18H,3-4,7-8,13-14H2,1-2H3. The minimum atomic E-state index is -0.503. The van der Waals surface area contributed by atoms with Gasteiger partial charge < -0.3 is 9.64 Å². The van der Waals surface area contributed by atoms with Crippen LogP contribution in [-0.4, -0.2) is 29.4 Å². The Balaban J connectivity index is 1.85. The molecule has 2 aromatic carbocycles. The Bertz CT molecular complexity index is 939. The summed E-state index contributed by atoms with van der Waals surface area (Å²) in [7, 11) is 0. The zero-order valence-corrected chi connectivity index (χ0v) is 17.0. The molecule has 0 spiro atoms. The van der Waals surface area contributed by atoms with Crippen LogP contribution in [0.5, 0.6) is 5.75 Å². The second-order valence-electron chi connectivity index (χ2n) is 7.34. The Morgan fingerprint density at radius 3 is 2.59 bits per heavy atom. The number of nitriles is 1. The predicted octanol–water partition coefficient (Wildman–Crippen LogP) is 4.74. The maximum atomic E-state index is 13.2. The highest BCUT2D eigenvalue weighted by Gasteiger charge is 2.31. The van der Waals surface area contributed by atoms with E-state index in [2.05, 4.69) is 13.8 Å². The van der Waals surface area contributed by atoms with E-state index in [0.29, 0.717) is 35.4 Å². The molecule has 0 aliphatic carbocycles. The van der Waals surface area contributed by atoms with Crippen molar-refractivity contribution in [2.24, 2.45) is 0 Å². The SMILES string of the molecule is CCCC(CCC)N1CCc2c(C(=O)Oc3cccc(C#N)c3)cccc2C1=O. The second-order valence-corrected chi connectivity index (χ2v) is 7.34. The number of carbonyl (C=O) groups excluding carboxylic acids is 2. The summed E-state index contributed by atoms with van der Waals surface area (Å²) in [5.74, 6) is -0.183. The van der Waals surface area contributed by atoms with Crippen LogP contribution in [0.15, 0.2) is 42.5 Å². The van der Waals surface area contributed by atoms with E-state index >= 15 is 0 Å². The zero-order chi connectivity index (χ0) is 20.8. The molecule has 0 saturated heterocycles. The molecule has 29 heavy (non-hydrogen) atoms. The van der Waals surface area contributed by atoms with Crippen molar-refractivity contribution in [1.82, 2.24) is 4.90 Å². The summed E-state index contributed by atoms with van der Waals surface area (Å²) in [6, 6.07) is 14.0. The van der Waals surface area contributed by atoms with E-state index in [-0.39, 0.29) is 11.9 Å². The fraction of sp³-hybridized carbons (Fsp3) is 0.375. The largest absolute Gasteiger partial charge is 0.423 e. The number of ether oxygens (including phenoxy) is 1. The maximum Gasteiger partial charge on any atom is 0.343 e. The average Bonchev–Trinajstić information content (AvgIpc) is 2.74. The molecule has 0 saturated carbocycles. The topological polar surface area (TPSA) is 70.4 Å². The van der Waals surface area contributed by atoms with Crippen LogP contribution in [-0.2, 0) is 6.42 Å². The van der Waals surface area contributed by atoms with Gasteiger partial charge in [-0.1, -0.05) is 38.8 Å². The van der Waals surface area contributed by atoms with Crippen LogP contribution in [0.4, 0.5) is 0 Å². The van der Waals surface area contributed by atoms with Crippen molar-refractivity contribution in [3.63, 3.8) is 0 Å². The van der Waals surface area contributed by atoms with Gasteiger partial charge in [-0.15, -0.1) is 0 Å². The molecule has 1 amide bonds. The first-order valence-corrected chi connectivity index (χ1v) is 10.2. The molecule has 150 valence electrons. The maximum absolute atomic E-state index is 13.2. The molecule has 2 aromatic rings. The number of amides is 1. The Morgan fingerprint density at radius 1 is 1.17 bits per heavy atom. The second kappa shape index (κ2) is 9.38. The van der Waals surface area contributed by atoms with Gasteiger partial charge >= 0.3 is 5.97 Å². The summed E-state index contributed by atoms with van der Waals surface area (Å²) in [6.45, 7) is 4.89. The zero-order valence-electron chi connectivity index (χ0n) is 17.0. The lowest BCUT2D eigenvalue weighted by molar-refractivity contribution is 0.0636. The first-order valence-electron chi connectivity index (χ1n) is 10.2. The number of fused-ring (bicyclic) bond motifs is 1. The van der Waals surface area contributed by atoms with E-state index < -0.39 is 5.97 Å². The normalized spacial score (nSPS) is 13.2. The van der Waals surface area contributed by atoms with Gasteiger partial charge in [0, 0.05) is 18.2 Å². The van der Waals surface area contributed by atoms with Gasteiger partial charge in [-0.2, -0.15) is 5.26 Å². The van der Waals surface area contributed by atoms with Crippen LogP contribution < -0.4 is 4.74 Å². The highest BCUT2D eigenvalue weighted by molar-refractivity contribution is 6.02. The molecule has 0 radical (unpaired) electrons. The number of carbonyl (C=O) groups is 2. The molecule has 1 aliphatic heterocycles. The summed E-state index contributed by atoms with van der Waals surface area (Å²) < 4.78 is 5.48. The summed E-state index contributed by atoms with van der Waals surface area (Å²) >= 11 is 0. The van der Waals surface area contributed by atoms with Gasteiger partial charge in [0.1, 0.15) is 5.75 Å². The lowest BCUT2D eigenvalue weighted by Crippen LogP contribution is -2.45. The van der Waals surface area contributed by atoms with E-state index in [1.165, 1.54) is 6.07 Å². The van der Waals surface area contributed by atoms with Gasteiger partial charge in [-0.3, -0.25) is 4.79 Å². The van der Waals surface area contributed by atoms with Gasteiger partial charge in [0.25, 0.3) is 5.91 Å². The molecule has 5 nitrogen and oxygen atoms in total. The van der Waals surface area contributed by atoms with Crippen molar-refractivity contribution in [2.75, 3.05) is 6.54 Å². The third-order valence-corrected chi connectivity index (χ3v) is 5.35. The quantitative estimate of drug-likeness (QED) is 0.505. The summed E-state index contributed by atoms with van der Waals surface area (Å²) in [5, 5.41) is 9.01. The van der Waals surface area contributed by atoms with E-state index in [0.717, 1.165) is 31.2 Å². The van der Waals surface area contributed by atoms with Gasteiger partial charge in [-0.05, 0) is 55.2 Å². The number of benzene rings is 2. The van der Waals surface area contributed by atoms with Crippen molar-refractivity contribution >= 4 is 11.9 Å². The molecular formula is C24H26N2O3. The van der Waals surface area contributed by atoms with Crippen LogP contribution in [0.25, 0.3) is 0 Å². The molecule has 5 heteroatoms. The van der Waals surface area contributed by atoms with Gasteiger partial charge in [0.05, 0.1) is 17.2 Å². The van der Waals surface area contributed by atoms with E-state index in [9.17, 15) is 9.59 Å². The molecular weight excluding hydrogens is 364 g/mol. The first kappa shape index (κ1) is 20.6. The Labute approximate surface area is 171 Å². The number of hydrogen-bond acceptors (Lipinski definition) is 4. The first-order chi connectivity index (χ1) is 14.1. The summed E-state index contributed by atoms with van der Waals surface area (Å²) in [6.07, 6.45) is 4.69. The number of rotatable bonds is 7. The Morgan fingerprint density at radius 2 is 1.90 bits per heavy atom. The fourth-order valence-corrected chi connectivity index (χ4v) is 4.00. The predicted molar refractivity (Wildman–Crippen MR) is 111 cm³/mol. The van der Waals surface area contributed by atoms with Crippen LogP contribution in [0, 0.1) is 11.3 Å². The fourth-order valence-electron chi connectivity index (χ4n) is 4.00. The Kier molecular flexibility index (Phi) is 6.66. The third kappa shape index (κ3) is 4.48. The highest BCUT2D eigenvalue weighted by Crippen LogP contribution is 2.27. The number of esters is 1. The Hall–Kier alpha value is -3.13. The van der Waals surface area contributed by atoms with E-state index in [4.69, 9.17) is 10.00 Å². The lowest BCUT2D eigenvalue weighted by Gasteiger charge is -2.36. The van der Waals surface area contributed by atoms with Crippen LogP contribution in [0.3, 0.4) is 0 Å². The van der Waals surface area contributed by atoms with E-state index in [1.807, 2.05) is 11.0 Å². The summed E-state index contributed by atoms with van der Waals surface area (Å²) in [5.41, 5.74) is 2.19. The van der Waals surface area contributed by atoms with Crippen molar-refractivity contribution in [3.8, 4) is 11.8 Å². The molecule has 0 atom stereocenters. The van der Waals surface area contributed by atoms with Gasteiger partial charge in [-0.25, -0.2) is 4.79 Å². The number of nitrogens with zero attached hydrogens (tertiary/aromatic N) is 2. The highest BCUT2D eigenvalue weighted by atomic mass is 16.5. The molecule has 3 rings (SSSR count). The van der Waals surface area contributed by atoms with E-state index in [1.54, 1.807) is 36.4 Å². The van der Waals surface area contributed by atoms with Crippen molar-refractivity contribution < 1.29 is 14.3 Å². The molecule has 1 aliphatic rings. The molecule has 0 bridgehead atoms. The van der Waals surface area contributed by atoms with Crippen molar-refractivity contribution in [2.45, 2.75) is 52.0 Å². The van der Waals surface area contributed by atoms with Crippen molar-refractivity contribution in [1.29, 1.82) is 5.26 Å². The molecule has 1 heterocycles. The van der Waals surface area contributed by atoms with Crippen LogP contribution in [0.1, 0.15) is 71.4 Å². The minimum Gasteiger partial charge on any atom is -0.423 e. The third-order valence-electron chi connectivity index (χ3n) is 5.35. The lowest BCUT2D eigenvalue weighted by atomic mass is 9.91. The minimum absolute atomic E-state index is 0.000669. The summed E-state index contributed by atoms with van der Waals surface area (Å²) in [4.78, 5) is 27.9. The monoisotopic (exact) mass is 390 g/mol.